The van der Waals surface area contributed by atoms with Gasteiger partial charge in [-0.1, -0.05) is 60.1 Å². The summed E-state index contributed by atoms with van der Waals surface area (Å²) >= 11 is 3.30. The number of likely N-dealkylation sites (tertiary alicyclic amines) is 1. The summed E-state index contributed by atoms with van der Waals surface area (Å²) in [4.78, 5) is 14.8. The summed E-state index contributed by atoms with van der Waals surface area (Å²) in [5.74, 6) is -0.189. The topological polar surface area (TPSA) is 57.7 Å². The number of carbonyl (C=O) groups is 1. The Morgan fingerprint density at radius 3 is 2.30 bits per heavy atom. The minimum atomic E-state index is -3.71. The number of halogens is 1. The molecule has 0 saturated carbocycles. The molecule has 1 atom stereocenters. The molecule has 144 valence electrons. The molecule has 7 heteroatoms. The number of amides is 1. The van der Waals surface area contributed by atoms with Crippen molar-refractivity contribution < 1.29 is 13.2 Å². The molecule has 1 heterocycles. The summed E-state index contributed by atoms with van der Waals surface area (Å²) < 4.78 is 27.4. The summed E-state index contributed by atoms with van der Waals surface area (Å²) in [7, 11) is -2.27. The third kappa shape index (κ3) is 3.95. The summed E-state index contributed by atoms with van der Waals surface area (Å²) in [6.07, 6.45) is 0. The normalized spacial score (nSPS) is 19.0. The fourth-order valence-corrected chi connectivity index (χ4v) is 4.96. The van der Waals surface area contributed by atoms with Crippen LogP contribution in [-0.4, -0.2) is 43.7 Å². The number of carbonyl (C=O) groups excluding carboxylic acids is 1. The molecule has 0 spiro atoms. The zero-order valence-corrected chi connectivity index (χ0v) is 18.0. The number of rotatable bonds is 5. The van der Waals surface area contributed by atoms with Crippen molar-refractivity contribution in [3.8, 4) is 0 Å². The van der Waals surface area contributed by atoms with E-state index < -0.39 is 10.0 Å². The van der Waals surface area contributed by atoms with Gasteiger partial charge >= 0.3 is 0 Å². The predicted molar refractivity (Wildman–Crippen MR) is 109 cm³/mol. The fraction of sp³-hybridized carbons (Fsp3) is 0.350. The van der Waals surface area contributed by atoms with Gasteiger partial charge in [0.2, 0.25) is 15.9 Å². The maximum Gasteiger partial charge on any atom is 0.243 e. The molecule has 3 rings (SSSR count). The van der Waals surface area contributed by atoms with E-state index in [2.05, 4.69) is 29.8 Å². The first-order valence-electron chi connectivity index (χ1n) is 8.69. The van der Waals surface area contributed by atoms with Crippen LogP contribution in [0.2, 0.25) is 0 Å². The van der Waals surface area contributed by atoms with Crippen LogP contribution >= 0.6 is 15.9 Å². The molecule has 1 amide bonds. The molecule has 1 fully saturated rings. The Morgan fingerprint density at radius 1 is 1.15 bits per heavy atom. The molecule has 2 aromatic rings. The average molecular weight is 451 g/mol. The predicted octanol–water partition coefficient (Wildman–Crippen LogP) is 3.68. The van der Waals surface area contributed by atoms with Gasteiger partial charge in [0.05, 0.1) is 17.5 Å². The molecule has 0 aromatic heterocycles. The third-order valence-electron chi connectivity index (χ3n) is 4.95. The van der Waals surface area contributed by atoms with Crippen LogP contribution in [0.15, 0.2) is 64.0 Å². The first-order valence-corrected chi connectivity index (χ1v) is 10.9. The van der Waals surface area contributed by atoms with Gasteiger partial charge in [-0.05, 0) is 29.8 Å². The van der Waals surface area contributed by atoms with E-state index in [1.165, 1.54) is 19.2 Å². The van der Waals surface area contributed by atoms with Gasteiger partial charge in [0.25, 0.3) is 0 Å². The maximum atomic E-state index is 12.9. The highest BCUT2D eigenvalue weighted by Gasteiger charge is 2.48. The lowest BCUT2D eigenvalue weighted by Crippen LogP contribution is -2.59. The number of likely N-dealkylation sites (N-methyl/N-ethyl adjacent to an activating group) is 1. The molecule has 1 aliphatic heterocycles. The zero-order valence-electron chi connectivity index (χ0n) is 15.6. The van der Waals surface area contributed by atoms with Gasteiger partial charge in [-0.3, -0.25) is 4.79 Å². The molecule has 0 N–H and O–H groups in total. The molecule has 0 unspecified atom stereocenters. The van der Waals surface area contributed by atoms with Crippen molar-refractivity contribution in [3.63, 3.8) is 0 Å². The lowest BCUT2D eigenvalue weighted by atomic mass is 9.71. The standard InChI is InChI=1S/C20H23BrN2O3S/c1-20(2)14-23(19(20)15-7-5-4-6-8-15)18(24)13-22(3)27(25,26)17-11-9-16(21)10-12-17/h4-12,19H,13-14H2,1-3H3/t19-/m1/s1. The highest BCUT2D eigenvalue weighted by molar-refractivity contribution is 9.10. The lowest BCUT2D eigenvalue weighted by molar-refractivity contribution is -0.152. The van der Waals surface area contributed by atoms with Crippen molar-refractivity contribution >= 4 is 31.9 Å². The molecule has 1 saturated heterocycles. The van der Waals surface area contributed by atoms with Crippen LogP contribution in [0.1, 0.15) is 25.5 Å². The van der Waals surface area contributed by atoms with Gasteiger partial charge in [-0.25, -0.2) is 8.42 Å². The van der Waals surface area contributed by atoms with Crippen molar-refractivity contribution in [3.05, 3.63) is 64.6 Å². The van der Waals surface area contributed by atoms with Crippen LogP contribution < -0.4 is 0 Å². The van der Waals surface area contributed by atoms with Crippen LogP contribution in [-0.2, 0) is 14.8 Å². The van der Waals surface area contributed by atoms with E-state index in [1.54, 1.807) is 17.0 Å². The quantitative estimate of drug-likeness (QED) is 0.697. The molecule has 0 bridgehead atoms. The largest absolute Gasteiger partial charge is 0.333 e. The highest BCUT2D eigenvalue weighted by Crippen LogP contribution is 2.48. The van der Waals surface area contributed by atoms with Gasteiger partial charge < -0.3 is 4.90 Å². The first-order chi connectivity index (χ1) is 12.6. The number of nitrogens with zero attached hydrogens (tertiary/aromatic N) is 2. The fourth-order valence-electron chi connectivity index (χ4n) is 3.58. The zero-order chi connectivity index (χ0) is 19.8. The summed E-state index contributed by atoms with van der Waals surface area (Å²) in [5.41, 5.74) is 1.03. The van der Waals surface area contributed by atoms with E-state index in [1.807, 2.05) is 30.3 Å². The molecule has 0 aliphatic carbocycles. The van der Waals surface area contributed by atoms with Crippen molar-refractivity contribution in [2.45, 2.75) is 24.8 Å². The van der Waals surface area contributed by atoms with E-state index in [0.717, 1.165) is 14.3 Å². The van der Waals surface area contributed by atoms with Gasteiger partial charge in [0, 0.05) is 23.5 Å². The molecule has 2 aromatic carbocycles. The van der Waals surface area contributed by atoms with Crippen molar-refractivity contribution in [1.29, 1.82) is 0 Å². The monoisotopic (exact) mass is 450 g/mol. The number of benzene rings is 2. The summed E-state index contributed by atoms with van der Waals surface area (Å²) in [6, 6.07) is 16.2. The van der Waals surface area contributed by atoms with Crippen molar-refractivity contribution in [1.82, 2.24) is 9.21 Å². The van der Waals surface area contributed by atoms with Crippen LogP contribution in [0.25, 0.3) is 0 Å². The Balaban J connectivity index is 1.75. The first kappa shape index (κ1) is 20.0. The minimum Gasteiger partial charge on any atom is -0.333 e. The smallest absolute Gasteiger partial charge is 0.243 e. The second-order valence-corrected chi connectivity index (χ2v) is 10.5. The third-order valence-corrected chi connectivity index (χ3v) is 7.29. The van der Waals surface area contributed by atoms with Gasteiger partial charge in [-0.15, -0.1) is 0 Å². The molecule has 1 aliphatic rings. The van der Waals surface area contributed by atoms with Gasteiger partial charge in [0.15, 0.2) is 0 Å². The lowest BCUT2D eigenvalue weighted by Gasteiger charge is -2.54. The molecule has 5 nitrogen and oxygen atoms in total. The van der Waals surface area contributed by atoms with Crippen LogP contribution in [0.4, 0.5) is 0 Å². The van der Waals surface area contributed by atoms with E-state index in [4.69, 9.17) is 0 Å². The van der Waals surface area contributed by atoms with Crippen LogP contribution in [0.3, 0.4) is 0 Å². The molecular weight excluding hydrogens is 428 g/mol. The van der Waals surface area contributed by atoms with E-state index >= 15 is 0 Å². The number of hydrogen-bond acceptors (Lipinski definition) is 3. The van der Waals surface area contributed by atoms with E-state index in [9.17, 15) is 13.2 Å². The van der Waals surface area contributed by atoms with Crippen LogP contribution in [0.5, 0.6) is 0 Å². The summed E-state index contributed by atoms with van der Waals surface area (Å²) in [5, 5.41) is 0. The second-order valence-electron chi connectivity index (χ2n) is 7.54. The second kappa shape index (κ2) is 7.37. The van der Waals surface area contributed by atoms with E-state index in [-0.39, 0.29) is 28.8 Å². The summed E-state index contributed by atoms with van der Waals surface area (Å²) in [6.45, 7) is 4.67. The highest BCUT2D eigenvalue weighted by atomic mass is 79.9. The molecule has 27 heavy (non-hydrogen) atoms. The average Bonchev–Trinajstić information content (AvgIpc) is 2.61. The molecule has 0 radical (unpaired) electrons. The SMILES string of the molecule is CN(CC(=O)N1CC(C)(C)[C@H]1c1ccccc1)S(=O)(=O)c1ccc(Br)cc1. The number of hydrogen-bond donors (Lipinski definition) is 0. The Hall–Kier alpha value is -1.70. The Labute approximate surface area is 169 Å². The Bertz CT molecular complexity index is 927. The van der Waals surface area contributed by atoms with Crippen molar-refractivity contribution in [2.24, 2.45) is 5.41 Å². The minimum absolute atomic E-state index is 0.0415. The van der Waals surface area contributed by atoms with Gasteiger partial charge in [0.1, 0.15) is 0 Å². The van der Waals surface area contributed by atoms with E-state index in [0.29, 0.717) is 6.54 Å². The maximum absolute atomic E-state index is 12.9. The Kier molecular flexibility index (Phi) is 5.47. The Morgan fingerprint density at radius 2 is 1.74 bits per heavy atom. The van der Waals surface area contributed by atoms with Crippen molar-refractivity contribution in [2.75, 3.05) is 20.1 Å². The molecular formula is C20H23BrN2O3S. The number of sulfonamides is 1. The van der Waals surface area contributed by atoms with Gasteiger partial charge in [-0.2, -0.15) is 4.31 Å². The van der Waals surface area contributed by atoms with Crippen LogP contribution in [0, 0.1) is 5.41 Å².